The fourth-order valence-electron chi connectivity index (χ4n) is 1.83. The first-order valence-electron chi connectivity index (χ1n) is 6.57. The molecule has 1 atom stereocenters. The van der Waals surface area contributed by atoms with Gasteiger partial charge in [-0.05, 0) is 32.9 Å². The van der Waals surface area contributed by atoms with Crippen molar-refractivity contribution >= 4 is 27.2 Å². The number of nitrogens with one attached hydrogen (secondary N) is 2. The zero-order chi connectivity index (χ0) is 15.5. The zero-order valence-corrected chi connectivity index (χ0v) is 13.8. The lowest BCUT2D eigenvalue weighted by atomic mass is 10.4. The summed E-state index contributed by atoms with van der Waals surface area (Å²) in [6, 6.07) is 2.75. The Bertz CT molecular complexity index is 712. The van der Waals surface area contributed by atoms with Gasteiger partial charge in [0.25, 0.3) is 0 Å². The van der Waals surface area contributed by atoms with E-state index in [2.05, 4.69) is 20.0 Å². The molecule has 0 aliphatic heterocycles. The summed E-state index contributed by atoms with van der Waals surface area (Å²) in [6.45, 7) is 6.14. The van der Waals surface area contributed by atoms with Gasteiger partial charge in [0.2, 0.25) is 10.0 Å². The first-order chi connectivity index (χ1) is 9.94. The molecule has 0 saturated heterocycles. The second-order valence-electron chi connectivity index (χ2n) is 4.55. The number of hydrogen-bond acceptors (Lipinski definition) is 6. The molecule has 2 N–H and O–H groups in total. The van der Waals surface area contributed by atoms with E-state index in [-0.39, 0.29) is 10.9 Å². The minimum absolute atomic E-state index is 0.145. The lowest BCUT2D eigenvalue weighted by molar-refractivity contribution is 0.566. The molecule has 2 aromatic heterocycles. The van der Waals surface area contributed by atoms with E-state index in [4.69, 9.17) is 0 Å². The van der Waals surface area contributed by atoms with E-state index in [0.717, 1.165) is 10.7 Å². The van der Waals surface area contributed by atoms with E-state index in [1.54, 1.807) is 19.2 Å². The number of thiazole rings is 1. The third-order valence-electron chi connectivity index (χ3n) is 2.74. The first-order valence-corrected chi connectivity index (χ1v) is 8.93. The lowest BCUT2D eigenvalue weighted by Gasteiger charge is -2.14. The van der Waals surface area contributed by atoms with Crippen LogP contribution in [0, 0.1) is 6.92 Å². The number of sulfonamides is 1. The van der Waals surface area contributed by atoms with Crippen LogP contribution in [0.15, 0.2) is 28.6 Å². The molecule has 2 aromatic rings. The third-order valence-corrected chi connectivity index (χ3v) is 5.46. The summed E-state index contributed by atoms with van der Waals surface area (Å²) >= 11 is 1.44. The molecular formula is C13H18N4O2S2. The highest BCUT2D eigenvalue weighted by Crippen LogP contribution is 2.23. The third kappa shape index (κ3) is 3.78. The molecule has 0 aliphatic rings. The van der Waals surface area contributed by atoms with Gasteiger partial charge >= 0.3 is 0 Å². The van der Waals surface area contributed by atoms with Crippen LogP contribution in [-0.2, 0) is 10.0 Å². The maximum Gasteiger partial charge on any atom is 0.244 e. The lowest BCUT2D eigenvalue weighted by Crippen LogP contribution is -2.27. The summed E-state index contributed by atoms with van der Waals surface area (Å²) in [4.78, 5) is 8.53. The van der Waals surface area contributed by atoms with Crippen LogP contribution in [0.4, 0.5) is 5.82 Å². The zero-order valence-electron chi connectivity index (χ0n) is 12.1. The summed E-state index contributed by atoms with van der Waals surface area (Å²) in [7, 11) is -3.66. The van der Waals surface area contributed by atoms with E-state index in [0.29, 0.717) is 12.4 Å². The number of hydrogen-bond donors (Lipinski definition) is 2. The Morgan fingerprint density at radius 1 is 1.43 bits per heavy atom. The highest BCUT2D eigenvalue weighted by Gasteiger charge is 2.23. The Morgan fingerprint density at radius 2 is 2.19 bits per heavy atom. The molecule has 0 saturated carbocycles. The molecule has 0 amide bonds. The number of nitrogens with zero attached hydrogens (tertiary/aromatic N) is 2. The predicted octanol–water partition coefficient (Wildman–Crippen LogP) is 2.32. The molecule has 2 heterocycles. The van der Waals surface area contributed by atoms with Crippen molar-refractivity contribution in [3.05, 3.63) is 34.4 Å². The van der Waals surface area contributed by atoms with E-state index < -0.39 is 10.0 Å². The fourth-order valence-corrected chi connectivity index (χ4v) is 4.04. The Morgan fingerprint density at radius 3 is 2.81 bits per heavy atom. The van der Waals surface area contributed by atoms with Gasteiger partial charge in [-0.2, -0.15) is 0 Å². The maximum atomic E-state index is 12.5. The van der Waals surface area contributed by atoms with Crippen molar-refractivity contribution in [1.29, 1.82) is 0 Å². The molecule has 2 rings (SSSR count). The number of anilines is 1. The normalized spacial score (nSPS) is 13.1. The van der Waals surface area contributed by atoms with Crippen molar-refractivity contribution < 1.29 is 8.42 Å². The predicted molar refractivity (Wildman–Crippen MR) is 84.0 cm³/mol. The monoisotopic (exact) mass is 326 g/mol. The number of rotatable bonds is 6. The van der Waals surface area contributed by atoms with E-state index in [1.165, 1.54) is 17.4 Å². The van der Waals surface area contributed by atoms with Crippen molar-refractivity contribution in [3.8, 4) is 0 Å². The van der Waals surface area contributed by atoms with Crippen LogP contribution in [0.5, 0.6) is 0 Å². The molecule has 21 heavy (non-hydrogen) atoms. The van der Waals surface area contributed by atoms with Crippen molar-refractivity contribution in [1.82, 2.24) is 14.7 Å². The van der Waals surface area contributed by atoms with Crippen LogP contribution in [0.2, 0.25) is 0 Å². The topological polar surface area (TPSA) is 84.0 Å². The highest BCUT2D eigenvalue weighted by atomic mass is 32.2. The summed E-state index contributed by atoms with van der Waals surface area (Å²) in [5.41, 5.74) is 0.885. The molecule has 0 spiro atoms. The van der Waals surface area contributed by atoms with Gasteiger partial charge in [-0.1, -0.05) is 0 Å². The molecule has 8 heteroatoms. The molecule has 6 nitrogen and oxygen atoms in total. The maximum absolute atomic E-state index is 12.5. The average molecular weight is 326 g/mol. The molecule has 0 aliphatic carbocycles. The highest BCUT2D eigenvalue weighted by molar-refractivity contribution is 7.89. The van der Waals surface area contributed by atoms with Crippen LogP contribution in [-0.4, -0.2) is 24.9 Å². The van der Waals surface area contributed by atoms with Crippen LogP contribution >= 0.6 is 11.3 Å². The van der Waals surface area contributed by atoms with Gasteiger partial charge in [0.05, 0.1) is 6.04 Å². The van der Waals surface area contributed by atoms with Gasteiger partial charge < -0.3 is 5.32 Å². The SMILES string of the molecule is CCNc1ncccc1S(=O)(=O)NC(C)c1nc(C)cs1. The second kappa shape index (κ2) is 6.50. The van der Waals surface area contributed by atoms with E-state index in [9.17, 15) is 8.42 Å². The fraction of sp³-hybridized carbons (Fsp3) is 0.385. The molecular weight excluding hydrogens is 308 g/mol. The van der Waals surface area contributed by atoms with Crippen molar-refractivity contribution in [3.63, 3.8) is 0 Å². The summed E-state index contributed by atoms with van der Waals surface area (Å²) < 4.78 is 27.6. The van der Waals surface area contributed by atoms with Gasteiger partial charge in [-0.15, -0.1) is 11.3 Å². The molecule has 1 unspecified atom stereocenters. The van der Waals surface area contributed by atoms with Gasteiger partial charge in [-0.3, -0.25) is 0 Å². The molecule has 0 aromatic carbocycles. The minimum atomic E-state index is -3.66. The van der Waals surface area contributed by atoms with Gasteiger partial charge in [0.15, 0.2) is 0 Å². The number of aromatic nitrogens is 2. The Kier molecular flexibility index (Phi) is 4.92. The molecule has 114 valence electrons. The summed E-state index contributed by atoms with van der Waals surface area (Å²) in [5.74, 6) is 0.356. The Balaban J connectivity index is 2.26. The van der Waals surface area contributed by atoms with E-state index >= 15 is 0 Å². The number of pyridine rings is 1. The summed E-state index contributed by atoms with van der Waals surface area (Å²) in [5, 5.41) is 5.59. The van der Waals surface area contributed by atoms with Gasteiger partial charge in [0.1, 0.15) is 15.7 Å². The van der Waals surface area contributed by atoms with Crippen molar-refractivity contribution in [2.24, 2.45) is 0 Å². The molecule has 0 radical (unpaired) electrons. The smallest absolute Gasteiger partial charge is 0.244 e. The molecule has 0 bridgehead atoms. The average Bonchev–Trinajstić information content (AvgIpc) is 2.86. The standard InChI is InChI=1S/C13H18N4O2S2/c1-4-14-12-11(6-5-7-15-12)21(18,19)17-10(3)13-16-9(2)8-20-13/h5-8,10,17H,4H2,1-3H3,(H,14,15). The van der Waals surface area contributed by atoms with Crippen molar-refractivity contribution in [2.45, 2.75) is 31.7 Å². The Hall–Kier alpha value is -1.51. The van der Waals surface area contributed by atoms with Crippen molar-refractivity contribution in [2.75, 3.05) is 11.9 Å². The quantitative estimate of drug-likeness (QED) is 0.851. The van der Waals surface area contributed by atoms with E-state index in [1.807, 2.05) is 19.2 Å². The van der Waals surface area contributed by atoms with Gasteiger partial charge in [-0.25, -0.2) is 23.1 Å². The number of aryl methyl sites for hydroxylation is 1. The Labute approximate surface area is 128 Å². The first kappa shape index (κ1) is 15.9. The van der Waals surface area contributed by atoms with Crippen LogP contribution in [0.1, 0.15) is 30.6 Å². The summed E-state index contributed by atoms with van der Waals surface area (Å²) in [6.07, 6.45) is 1.56. The minimum Gasteiger partial charge on any atom is -0.369 e. The molecule has 0 fully saturated rings. The van der Waals surface area contributed by atoms with Crippen LogP contribution < -0.4 is 10.0 Å². The van der Waals surface area contributed by atoms with Gasteiger partial charge in [0, 0.05) is 23.8 Å². The van der Waals surface area contributed by atoms with Crippen LogP contribution in [0.25, 0.3) is 0 Å². The second-order valence-corrected chi connectivity index (χ2v) is 7.12. The largest absolute Gasteiger partial charge is 0.369 e. The van der Waals surface area contributed by atoms with Crippen LogP contribution in [0.3, 0.4) is 0 Å².